The van der Waals surface area contributed by atoms with E-state index in [1.54, 1.807) is 11.8 Å². The second-order valence-corrected chi connectivity index (χ2v) is 2.57. The Morgan fingerprint density at radius 3 is 2.57 bits per heavy atom. The molecule has 0 unspecified atom stereocenters. The van der Waals surface area contributed by atoms with Crippen molar-refractivity contribution in [2.45, 2.75) is 6.92 Å². The highest BCUT2D eigenvalue weighted by atomic mass is 32.2. The van der Waals surface area contributed by atoms with Crippen molar-refractivity contribution in [2.24, 2.45) is 0 Å². The van der Waals surface area contributed by atoms with Crippen LogP contribution in [-0.4, -0.2) is 0 Å². The Morgan fingerprint density at radius 1 is 1.43 bits per heavy atom. The molecule has 0 saturated carbocycles. The van der Waals surface area contributed by atoms with Gasteiger partial charge in [0.05, 0.1) is 5.25 Å². The van der Waals surface area contributed by atoms with Gasteiger partial charge in [-0.15, -0.1) is 11.8 Å². The topological polar surface area (TPSA) is 0 Å². The van der Waals surface area contributed by atoms with E-state index < -0.39 is 0 Å². The van der Waals surface area contributed by atoms with Crippen LogP contribution >= 0.6 is 11.8 Å². The van der Waals surface area contributed by atoms with Crippen LogP contribution in [0.5, 0.6) is 0 Å². The van der Waals surface area contributed by atoms with Gasteiger partial charge < -0.3 is 0 Å². The van der Waals surface area contributed by atoms with Crippen molar-refractivity contribution in [1.82, 2.24) is 0 Å². The molecule has 0 nitrogen and oxygen atoms in total. The molecule has 0 aromatic rings. The standard InChI is InChI=1S/C6H7S/c1-6-4-2-3-5-7-6/h2-5H,1H3. The van der Waals surface area contributed by atoms with E-state index in [4.69, 9.17) is 0 Å². The van der Waals surface area contributed by atoms with Gasteiger partial charge in [-0.05, 0) is 12.3 Å². The largest absolute Gasteiger partial charge is 0.122 e. The van der Waals surface area contributed by atoms with Crippen molar-refractivity contribution in [3.05, 3.63) is 28.9 Å². The molecule has 1 rings (SSSR count). The molecule has 1 aliphatic rings. The summed E-state index contributed by atoms with van der Waals surface area (Å²) in [6.45, 7) is 2.10. The quantitative estimate of drug-likeness (QED) is 0.462. The highest BCUT2D eigenvalue weighted by Crippen LogP contribution is 2.23. The molecule has 7 heavy (non-hydrogen) atoms. The van der Waals surface area contributed by atoms with Gasteiger partial charge in [0.15, 0.2) is 0 Å². The predicted molar refractivity (Wildman–Crippen MR) is 34.8 cm³/mol. The molecule has 0 aliphatic carbocycles. The van der Waals surface area contributed by atoms with E-state index >= 15 is 0 Å². The van der Waals surface area contributed by atoms with Crippen LogP contribution in [-0.2, 0) is 0 Å². The van der Waals surface area contributed by atoms with Gasteiger partial charge in [-0.25, -0.2) is 0 Å². The van der Waals surface area contributed by atoms with Crippen molar-refractivity contribution < 1.29 is 0 Å². The van der Waals surface area contributed by atoms with Crippen LogP contribution < -0.4 is 0 Å². The first-order valence-corrected chi connectivity index (χ1v) is 3.11. The summed E-state index contributed by atoms with van der Waals surface area (Å²) in [5.41, 5.74) is 0. The molecule has 0 N–H and O–H groups in total. The summed E-state index contributed by atoms with van der Waals surface area (Å²) in [6.07, 6.45) is 6.19. The molecule has 1 aliphatic heterocycles. The maximum Gasteiger partial charge on any atom is 0.0537 e. The summed E-state index contributed by atoms with van der Waals surface area (Å²) in [7, 11) is 0. The van der Waals surface area contributed by atoms with Crippen LogP contribution in [0.3, 0.4) is 0 Å². The zero-order chi connectivity index (χ0) is 5.11. The minimum atomic E-state index is 1.36. The normalized spacial score (nSPS) is 20.7. The zero-order valence-electron chi connectivity index (χ0n) is 4.22. The predicted octanol–water partition coefficient (Wildman–Crippen LogP) is 2.35. The Morgan fingerprint density at radius 2 is 2.29 bits per heavy atom. The Kier molecular flexibility index (Phi) is 1.58. The summed E-state index contributed by atoms with van der Waals surface area (Å²) in [5.74, 6) is 0. The van der Waals surface area contributed by atoms with Crippen LogP contribution in [0.1, 0.15) is 6.92 Å². The van der Waals surface area contributed by atoms with Gasteiger partial charge in [0, 0.05) is 0 Å². The first-order valence-electron chi connectivity index (χ1n) is 2.23. The van der Waals surface area contributed by atoms with Gasteiger partial charge >= 0.3 is 0 Å². The van der Waals surface area contributed by atoms with Gasteiger partial charge in [0.25, 0.3) is 0 Å². The van der Waals surface area contributed by atoms with Gasteiger partial charge in [-0.2, -0.15) is 0 Å². The third kappa shape index (κ3) is 1.39. The molecule has 0 spiro atoms. The zero-order valence-corrected chi connectivity index (χ0v) is 5.03. The Balaban J connectivity index is 2.49. The molecule has 1 heteroatoms. The lowest BCUT2D eigenvalue weighted by molar-refractivity contribution is 1.48. The average molecular weight is 111 g/mol. The SMILES string of the molecule is C[C]1C=CC=CS1. The molecule has 0 fully saturated rings. The highest BCUT2D eigenvalue weighted by Gasteiger charge is 1.94. The molecule has 0 aromatic heterocycles. The number of rotatable bonds is 0. The van der Waals surface area contributed by atoms with Crippen LogP contribution in [0.15, 0.2) is 23.6 Å². The summed E-state index contributed by atoms with van der Waals surface area (Å²) < 4.78 is 0. The van der Waals surface area contributed by atoms with E-state index in [0.29, 0.717) is 0 Å². The van der Waals surface area contributed by atoms with Gasteiger partial charge in [-0.3, -0.25) is 0 Å². The number of thioether (sulfide) groups is 1. The Labute approximate surface area is 48.3 Å². The number of hydrogen-bond acceptors (Lipinski definition) is 1. The van der Waals surface area contributed by atoms with E-state index in [-0.39, 0.29) is 0 Å². The minimum Gasteiger partial charge on any atom is -0.122 e. The van der Waals surface area contributed by atoms with Crippen molar-refractivity contribution >= 4 is 11.8 Å². The van der Waals surface area contributed by atoms with Crippen LogP contribution in [0.2, 0.25) is 0 Å². The Hall–Kier alpha value is -0.170. The van der Waals surface area contributed by atoms with Crippen LogP contribution in [0, 0.1) is 5.25 Å². The molecular formula is C6H7S. The van der Waals surface area contributed by atoms with Crippen molar-refractivity contribution in [1.29, 1.82) is 0 Å². The number of allylic oxidation sites excluding steroid dienone is 2. The maximum atomic E-state index is 2.10. The van der Waals surface area contributed by atoms with Gasteiger partial charge in [0.1, 0.15) is 0 Å². The fourth-order valence-corrected chi connectivity index (χ4v) is 0.963. The van der Waals surface area contributed by atoms with Gasteiger partial charge in [-0.1, -0.05) is 18.2 Å². The second kappa shape index (κ2) is 2.22. The third-order valence-corrected chi connectivity index (χ3v) is 1.58. The van der Waals surface area contributed by atoms with Gasteiger partial charge in [0.2, 0.25) is 0 Å². The fourth-order valence-electron chi connectivity index (χ4n) is 0.422. The summed E-state index contributed by atoms with van der Waals surface area (Å²) >= 11 is 1.77. The van der Waals surface area contributed by atoms with Crippen LogP contribution in [0.25, 0.3) is 0 Å². The molecule has 0 amide bonds. The summed E-state index contributed by atoms with van der Waals surface area (Å²) in [5, 5.41) is 3.44. The molecular weight excluding hydrogens is 104 g/mol. The Bertz CT molecular complexity index is 103. The monoisotopic (exact) mass is 111 g/mol. The van der Waals surface area contributed by atoms with Crippen molar-refractivity contribution in [3.63, 3.8) is 0 Å². The maximum absolute atomic E-state index is 2.10. The molecule has 0 atom stereocenters. The molecule has 0 aromatic carbocycles. The molecule has 1 radical (unpaired) electrons. The average Bonchev–Trinajstić information content (AvgIpc) is 1.69. The lowest BCUT2D eigenvalue weighted by Crippen LogP contribution is -1.76. The minimum absolute atomic E-state index is 1.36. The smallest absolute Gasteiger partial charge is 0.0537 e. The first-order chi connectivity index (χ1) is 3.39. The summed E-state index contributed by atoms with van der Waals surface area (Å²) in [4.78, 5) is 0. The van der Waals surface area contributed by atoms with E-state index in [2.05, 4.69) is 18.4 Å². The lowest BCUT2D eigenvalue weighted by atomic mass is 10.4. The fraction of sp³-hybridized carbons (Fsp3) is 0.167. The van der Waals surface area contributed by atoms with E-state index in [1.165, 1.54) is 5.25 Å². The second-order valence-electron chi connectivity index (χ2n) is 1.42. The van der Waals surface area contributed by atoms with E-state index in [0.717, 1.165) is 0 Å². The third-order valence-electron chi connectivity index (χ3n) is 0.775. The van der Waals surface area contributed by atoms with Crippen molar-refractivity contribution in [3.8, 4) is 0 Å². The van der Waals surface area contributed by atoms with Crippen molar-refractivity contribution in [2.75, 3.05) is 0 Å². The molecule has 0 bridgehead atoms. The van der Waals surface area contributed by atoms with Crippen LogP contribution in [0.4, 0.5) is 0 Å². The molecule has 1 heterocycles. The molecule has 37 valence electrons. The summed E-state index contributed by atoms with van der Waals surface area (Å²) in [6, 6.07) is 0. The van der Waals surface area contributed by atoms with E-state index in [1.807, 2.05) is 12.2 Å². The van der Waals surface area contributed by atoms with E-state index in [9.17, 15) is 0 Å². The highest BCUT2D eigenvalue weighted by molar-refractivity contribution is 8.05. The number of hydrogen-bond donors (Lipinski definition) is 0. The lowest BCUT2D eigenvalue weighted by Gasteiger charge is -2.00. The first kappa shape index (κ1) is 4.98. The molecule has 0 saturated heterocycles.